The lowest BCUT2D eigenvalue weighted by Crippen LogP contribution is -2.43. The van der Waals surface area contributed by atoms with Crippen LogP contribution in [0, 0.1) is 25.7 Å². The largest absolute Gasteiger partial charge is 0.479 e. The van der Waals surface area contributed by atoms with Crippen LogP contribution in [0.15, 0.2) is 48.5 Å². The van der Waals surface area contributed by atoms with Crippen LogP contribution in [0.1, 0.15) is 54.9 Å². The molecule has 0 aliphatic carbocycles. The number of rotatable bonds is 8. The molecule has 1 unspecified atom stereocenters. The van der Waals surface area contributed by atoms with E-state index in [4.69, 9.17) is 4.74 Å². The number of piperidine rings is 1. The third-order valence-corrected chi connectivity index (χ3v) is 6.47. The zero-order chi connectivity index (χ0) is 23.3. The maximum absolute atomic E-state index is 12.6. The van der Waals surface area contributed by atoms with Crippen molar-refractivity contribution in [3.05, 3.63) is 70.8 Å². The third kappa shape index (κ3) is 5.98. The van der Waals surface area contributed by atoms with Gasteiger partial charge in [0.05, 0.1) is 0 Å². The van der Waals surface area contributed by atoms with E-state index in [1.165, 1.54) is 22.3 Å². The van der Waals surface area contributed by atoms with Crippen LogP contribution in [-0.4, -0.2) is 47.7 Å². The maximum Gasteiger partial charge on any atom is 0.333 e. The number of carboxylic acids is 1. The lowest BCUT2D eigenvalue weighted by molar-refractivity contribution is -0.157. The SMILES string of the molecule is Cc1ccc(C(c2ccc(C)cc2)C2CCN(C(=O)COC(C(=O)O)C(C)C)CC2)cc1. The van der Waals surface area contributed by atoms with E-state index >= 15 is 0 Å². The fourth-order valence-electron chi connectivity index (χ4n) is 4.57. The van der Waals surface area contributed by atoms with Crippen molar-refractivity contribution < 1.29 is 19.4 Å². The average molecular weight is 438 g/mol. The predicted molar refractivity (Wildman–Crippen MR) is 126 cm³/mol. The smallest absolute Gasteiger partial charge is 0.333 e. The Bertz CT molecular complexity index is 851. The van der Waals surface area contributed by atoms with Gasteiger partial charge >= 0.3 is 5.97 Å². The van der Waals surface area contributed by atoms with E-state index in [2.05, 4.69) is 62.4 Å². The highest BCUT2D eigenvalue weighted by Crippen LogP contribution is 2.38. The Kier molecular flexibility index (Phi) is 8.08. The van der Waals surface area contributed by atoms with Crippen molar-refractivity contribution in [3.63, 3.8) is 0 Å². The maximum atomic E-state index is 12.6. The van der Waals surface area contributed by atoms with Crippen LogP contribution in [-0.2, 0) is 14.3 Å². The van der Waals surface area contributed by atoms with Crippen molar-refractivity contribution in [2.45, 2.75) is 52.6 Å². The van der Waals surface area contributed by atoms with Gasteiger partial charge in [0.25, 0.3) is 0 Å². The lowest BCUT2D eigenvalue weighted by atomic mass is 9.76. The molecule has 5 heteroatoms. The molecule has 3 rings (SSSR count). The molecule has 1 fully saturated rings. The van der Waals surface area contributed by atoms with Gasteiger partial charge in [-0.3, -0.25) is 4.79 Å². The summed E-state index contributed by atoms with van der Waals surface area (Å²) in [5.41, 5.74) is 5.12. The number of carboxylic acid groups (broad SMARTS) is 1. The zero-order valence-electron chi connectivity index (χ0n) is 19.6. The highest BCUT2D eigenvalue weighted by Gasteiger charge is 2.31. The molecule has 1 saturated heterocycles. The summed E-state index contributed by atoms with van der Waals surface area (Å²) in [5.74, 6) is -0.603. The molecular formula is C27H35NO4. The number of nitrogens with zero attached hydrogens (tertiary/aromatic N) is 1. The van der Waals surface area contributed by atoms with Crippen LogP contribution in [0.25, 0.3) is 0 Å². The minimum absolute atomic E-state index is 0.127. The van der Waals surface area contributed by atoms with Gasteiger partial charge in [-0.2, -0.15) is 0 Å². The summed E-state index contributed by atoms with van der Waals surface area (Å²) in [6, 6.07) is 17.6. The summed E-state index contributed by atoms with van der Waals surface area (Å²) >= 11 is 0. The molecule has 0 aromatic heterocycles. The van der Waals surface area contributed by atoms with Gasteiger partial charge in [0.1, 0.15) is 6.61 Å². The van der Waals surface area contributed by atoms with Crippen LogP contribution < -0.4 is 0 Å². The summed E-state index contributed by atoms with van der Waals surface area (Å²) < 4.78 is 5.42. The standard InChI is InChI=1S/C27H35NO4/c1-18(2)26(27(30)31)32-17-24(29)28-15-13-23(14-16-28)25(21-9-5-19(3)6-10-21)22-11-7-20(4)8-12-22/h5-12,18,23,25-26H,13-17H2,1-4H3,(H,30,31). The van der Waals surface area contributed by atoms with Gasteiger partial charge in [0, 0.05) is 19.0 Å². The quantitative estimate of drug-likeness (QED) is 0.644. The summed E-state index contributed by atoms with van der Waals surface area (Å²) in [6.07, 6.45) is 0.860. The number of hydrogen-bond acceptors (Lipinski definition) is 3. The Morgan fingerprint density at radius 2 is 1.41 bits per heavy atom. The summed E-state index contributed by atoms with van der Waals surface area (Å²) in [6.45, 7) is 8.92. The third-order valence-electron chi connectivity index (χ3n) is 6.47. The first kappa shape index (κ1) is 24.0. The van der Waals surface area contributed by atoms with E-state index in [-0.39, 0.29) is 18.4 Å². The second kappa shape index (κ2) is 10.8. The number of ether oxygens (including phenoxy) is 1. The molecule has 1 amide bonds. The van der Waals surface area contributed by atoms with E-state index in [0.717, 1.165) is 12.8 Å². The number of likely N-dealkylation sites (tertiary alicyclic amines) is 1. The molecule has 0 bridgehead atoms. The fourth-order valence-corrected chi connectivity index (χ4v) is 4.57. The average Bonchev–Trinajstić information content (AvgIpc) is 2.76. The van der Waals surface area contributed by atoms with Crippen LogP contribution >= 0.6 is 0 Å². The molecule has 2 aromatic rings. The molecule has 1 atom stereocenters. The molecule has 2 aromatic carbocycles. The Morgan fingerprint density at radius 1 is 0.938 bits per heavy atom. The number of carbonyl (C=O) groups is 2. The summed E-state index contributed by atoms with van der Waals surface area (Å²) in [5, 5.41) is 9.26. The Hall–Kier alpha value is -2.66. The molecule has 0 radical (unpaired) electrons. The first-order valence-electron chi connectivity index (χ1n) is 11.5. The number of carbonyl (C=O) groups excluding carboxylic acids is 1. The summed E-state index contributed by atoms with van der Waals surface area (Å²) in [7, 11) is 0. The number of benzene rings is 2. The van der Waals surface area contributed by atoms with Crippen molar-refractivity contribution in [2.24, 2.45) is 11.8 Å². The molecule has 172 valence electrons. The second-order valence-electron chi connectivity index (χ2n) is 9.33. The normalized spacial score (nSPS) is 15.9. The predicted octanol–water partition coefficient (Wildman–Crippen LogP) is 4.80. The molecule has 32 heavy (non-hydrogen) atoms. The van der Waals surface area contributed by atoms with Gasteiger partial charge in [-0.25, -0.2) is 4.79 Å². The zero-order valence-corrected chi connectivity index (χ0v) is 19.6. The molecule has 0 spiro atoms. The molecule has 1 aliphatic heterocycles. The van der Waals surface area contributed by atoms with Gasteiger partial charge < -0.3 is 14.7 Å². The molecule has 1 N–H and O–H groups in total. The molecular weight excluding hydrogens is 402 g/mol. The fraction of sp³-hybridized carbons (Fsp3) is 0.481. The second-order valence-corrected chi connectivity index (χ2v) is 9.33. The Labute approximate surface area is 191 Å². The van der Waals surface area contributed by atoms with E-state index in [0.29, 0.717) is 24.9 Å². The van der Waals surface area contributed by atoms with Gasteiger partial charge in [0.15, 0.2) is 6.10 Å². The monoisotopic (exact) mass is 437 g/mol. The summed E-state index contributed by atoms with van der Waals surface area (Å²) in [4.78, 5) is 25.8. The Morgan fingerprint density at radius 3 is 1.81 bits per heavy atom. The molecule has 5 nitrogen and oxygen atoms in total. The first-order chi connectivity index (χ1) is 15.3. The number of amides is 1. The number of aliphatic carboxylic acids is 1. The van der Waals surface area contributed by atoms with Crippen molar-refractivity contribution in [3.8, 4) is 0 Å². The van der Waals surface area contributed by atoms with Crippen LogP contribution in [0.3, 0.4) is 0 Å². The van der Waals surface area contributed by atoms with Crippen molar-refractivity contribution in [1.29, 1.82) is 0 Å². The minimum atomic E-state index is -1.02. The van der Waals surface area contributed by atoms with Crippen molar-refractivity contribution >= 4 is 11.9 Å². The number of aryl methyl sites for hydroxylation is 2. The van der Waals surface area contributed by atoms with Crippen molar-refractivity contribution in [2.75, 3.05) is 19.7 Å². The van der Waals surface area contributed by atoms with E-state index < -0.39 is 12.1 Å². The topological polar surface area (TPSA) is 66.8 Å². The molecule has 0 saturated carbocycles. The first-order valence-corrected chi connectivity index (χ1v) is 11.5. The Balaban J connectivity index is 1.67. The van der Waals surface area contributed by atoms with Gasteiger partial charge in [-0.1, -0.05) is 73.5 Å². The van der Waals surface area contributed by atoms with Crippen LogP contribution in [0.2, 0.25) is 0 Å². The van der Waals surface area contributed by atoms with Gasteiger partial charge in [0.2, 0.25) is 5.91 Å². The van der Waals surface area contributed by atoms with E-state index in [1.807, 2.05) is 4.90 Å². The van der Waals surface area contributed by atoms with Gasteiger partial charge in [-0.15, -0.1) is 0 Å². The number of hydrogen-bond donors (Lipinski definition) is 1. The highest BCUT2D eigenvalue weighted by molar-refractivity contribution is 5.78. The lowest BCUT2D eigenvalue weighted by Gasteiger charge is -2.37. The van der Waals surface area contributed by atoms with Crippen LogP contribution in [0.5, 0.6) is 0 Å². The minimum Gasteiger partial charge on any atom is -0.479 e. The highest BCUT2D eigenvalue weighted by atomic mass is 16.5. The van der Waals surface area contributed by atoms with E-state index in [1.54, 1.807) is 13.8 Å². The van der Waals surface area contributed by atoms with Gasteiger partial charge in [-0.05, 0) is 49.7 Å². The molecule has 1 heterocycles. The van der Waals surface area contributed by atoms with E-state index in [9.17, 15) is 14.7 Å². The molecule has 1 aliphatic rings. The van der Waals surface area contributed by atoms with Crippen LogP contribution in [0.4, 0.5) is 0 Å². The van der Waals surface area contributed by atoms with Crippen molar-refractivity contribution in [1.82, 2.24) is 4.90 Å².